The predicted octanol–water partition coefficient (Wildman–Crippen LogP) is 2.39. The molecule has 0 aliphatic carbocycles. The van der Waals surface area contributed by atoms with Gasteiger partial charge < -0.3 is 10.2 Å². The minimum absolute atomic E-state index is 0.209. The second-order valence-electron chi connectivity index (χ2n) is 5.01. The Labute approximate surface area is 108 Å². The van der Waals surface area contributed by atoms with Gasteiger partial charge in [0, 0.05) is 12.1 Å². The summed E-state index contributed by atoms with van der Waals surface area (Å²) in [5.74, 6) is -0.656. The number of phenols is 1. The number of hydrogen-bond donors (Lipinski definition) is 2. The first-order valence-corrected chi connectivity index (χ1v) is 6.06. The van der Waals surface area contributed by atoms with E-state index in [1.54, 1.807) is 19.9 Å². The lowest BCUT2D eigenvalue weighted by Gasteiger charge is -2.34. The maximum atomic E-state index is 11.3. The monoisotopic (exact) mass is 251 g/mol. The Balaban J connectivity index is 3.00. The van der Waals surface area contributed by atoms with Crippen LogP contribution >= 0.6 is 0 Å². The minimum Gasteiger partial charge on any atom is -0.508 e. The molecule has 0 fully saturated rings. The Morgan fingerprint density at radius 1 is 1.39 bits per heavy atom. The molecule has 0 amide bonds. The van der Waals surface area contributed by atoms with Crippen molar-refractivity contribution in [2.45, 2.75) is 39.8 Å². The average Bonchev–Trinajstić information content (AvgIpc) is 2.29. The van der Waals surface area contributed by atoms with Crippen LogP contribution in [0.5, 0.6) is 5.75 Å². The molecule has 0 saturated carbocycles. The SMILES string of the molecule is CCN(Cc1cc(C)ccc1O)C(C)(C)C(=O)O. The largest absolute Gasteiger partial charge is 0.508 e. The number of benzene rings is 1. The van der Waals surface area contributed by atoms with Gasteiger partial charge in [-0.15, -0.1) is 0 Å². The molecule has 0 saturated heterocycles. The molecule has 0 aliphatic heterocycles. The highest BCUT2D eigenvalue weighted by Gasteiger charge is 2.33. The van der Waals surface area contributed by atoms with E-state index in [4.69, 9.17) is 0 Å². The molecule has 0 aromatic heterocycles. The quantitative estimate of drug-likeness (QED) is 0.843. The minimum atomic E-state index is -0.953. The number of aryl methyl sites for hydroxylation is 1. The first-order valence-electron chi connectivity index (χ1n) is 6.06. The van der Waals surface area contributed by atoms with E-state index in [1.165, 1.54) is 0 Å². The van der Waals surface area contributed by atoms with Crippen LogP contribution in [0.15, 0.2) is 18.2 Å². The number of hydrogen-bond acceptors (Lipinski definition) is 3. The molecule has 0 radical (unpaired) electrons. The molecule has 0 unspecified atom stereocenters. The second kappa shape index (κ2) is 5.40. The first kappa shape index (κ1) is 14.5. The molecule has 1 rings (SSSR count). The summed E-state index contributed by atoms with van der Waals surface area (Å²) in [6.07, 6.45) is 0. The Kier molecular flexibility index (Phi) is 4.35. The smallest absolute Gasteiger partial charge is 0.323 e. The van der Waals surface area contributed by atoms with E-state index in [0.29, 0.717) is 13.1 Å². The highest BCUT2D eigenvalue weighted by atomic mass is 16.4. The number of carbonyl (C=O) groups is 1. The Morgan fingerprint density at radius 3 is 2.50 bits per heavy atom. The summed E-state index contributed by atoms with van der Waals surface area (Å²) in [7, 11) is 0. The zero-order valence-corrected chi connectivity index (χ0v) is 11.4. The fourth-order valence-corrected chi connectivity index (χ4v) is 1.89. The van der Waals surface area contributed by atoms with Crippen molar-refractivity contribution in [3.05, 3.63) is 29.3 Å². The van der Waals surface area contributed by atoms with Crippen molar-refractivity contribution in [3.63, 3.8) is 0 Å². The van der Waals surface area contributed by atoms with E-state index in [2.05, 4.69) is 0 Å². The van der Waals surface area contributed by atoms with Gasteiger partial charge in [-0.05, 0) is 33.4 Å². The Bertz CT molecular complexity index is 441. The van der Waals surface area contributed by atoms with Gasteiger partial charge in [-0.25, -0.2) is 0 Å². The maximum absolute atomic E-state index is 11.3. The second-order valence-corrected chi connectivity index (χ2v) is 5.01. The fourth-order valence-electron chi connectivity index (χ4n) is 1.89. The molecular formula is C14H21NO3. The van der Waals surface area contributed by atoms with Crippen LogP contribution in [0.1, 0.15) is 31.9 Å². The van der Waals surface area contributed by atoms with Gasteiger partial charge in [-0.3, -0.25) is 9.69 Å². The Morgan fingerprint density at radius 2 is 2.00 bits per heavy atom. The maximum Gasteiger partial charge on any atom is 0.323 e. The number of phenolic OH excluding ortho intramolecular Hbond substituents is 1. The molecule has 1 aromatic carbocycles. The van der Waals surface area contributed by atoms with Gasteiger partial charge >= 0.3 is 5.97 Å². The fraction of sp³-hybridized carbons (Fsp3) is 0.500. The molecule has 100 valence electrons. The normalized spacial score (nSPS) is 11.8. The molecule has 0 atom stereocenters. The van der Waals surface area contributed by atoms with Gasteiger partial charge in [0.2, 0.25) is 0 Å². The van der Waals surface area contributed by atoms with Crippen molar-refractivity contribution in [1.29, 1.82) is 0 Å². The van der Waals surface area contributed by atoms with Crippen LogP contribution in [0.4, 0.5) is 0 Å². The molecule has 2 N–H and O–H groups in total. The zero-order valence-electron chi connectivity index (χ0n) is 11.4. The standard InChI is InChI=1S/C14H21NO3/c1-5-15(14(3,4)13(17)18)9-11-8-10(2)6-7-12(11)16/h6-8,16H,5,9H2,1-4H3,(H,17,18). The summed E-state index contributed by atoms with van der Waals surface area (Å²) in [6, 6.07) is 5.36. The molecule has 1 aromatic rings. The lowest BCUT2D eigenvalue weighted by molar-refractivity contribution is -0.149. The number of carboxylic acids is 1. The summed E-state index contributed by atoms with van der Waals surface area (Å²) in [6.45, 7) is 8.23. The summed E-state index contributed by atoms with van der Waals surface area (Å²) in [5, 5.41) is 19.1. The first-order chi connectivity index (χ1) is 8.28. The lowest BCUT2D eigenvalue weighted by atomic mass is 10.0. The van der Waals surface area contributed by atoms with Crippen molar-refractivity contribution >= 4 is 5.97 Å². The molecule has 0 bridgehead atoms. The van der Waals surface area contributed by atoms with Crippen molar-refractivity contribution in [2.24, 2.45) is 0 Å². The molecular weight excluding hydrogens is 230 g/mol. The highest BCUT2D eigenvalue weighted by Crippen LogP contribution is 2.24. The van der Waals surface area contributed by atoms with E-state index >= 15 is 0 Å². The third kappa shape index (κ3) is 3.01. The average molecular weight is 251 g/mol. The molecule has 0 spiro atoms. The van der Waals surface area contributed by atoms with E-state index in [1.807, 2.05) is 30.9 Å². The Hall–Kier alpha value is -1.55. The van der Waals surface area contributed by atoms with Crippen LogP contribution in [-0.2, 0) is 11.3 Å². The zero-order chi connectivity index (χ0) is 13.9. The number of nitrogens with zero attached hydrogens (tertiary/aromatic N) is 1. The van der Waals surface area contributed by atoms with Crippen LogP contribution in [0.2, 0.25) is 0 Å². The van der Waals surface area contributed by atoms with Crippen LogP contribution in [-0.4, -0.2) is 33.2 Å². The van der Waals surface area contributed by atoms with Crippen molar-refractivity contribution in [1.82, 2.24) is 4.90 Å². The van der Waals surface area contributed by atoms with Gasteiger partial charge in [0.15, 0.2) is 0 Å². The van der Waals surface area contributed by atoms with Crippen molar-refractivity contribution in [2.75, 3.05) is 6.54 Å². The van der Waals surface area contributed by atoms with Gasteiger partial charge in [0.1, 0.15) is 11.3 Å². The van der Waals surface area contributed by atoms with E-state index in [9.17, 15) is 15.0 Å². The third-order valence-corrected chi connectivity index (χ3v) is 3.29. The van der Waals surface area contributed by atoms with Crippen molar-refractivity contribution in [3.8, 4) is 5.75 Å². The molecule has 0 aliphatic rings. The topological polar surface area (TPSA) is 60.8 Å². The summed E-state index contributed by atoms with van der Waals surface area (Å²) >= 11 is 0. The summed E-state index contributed by atoms with van der Waals surface area (Å²) < 4.78 is 0. The van der Waals surface area contributed by atoms with Crippen LogP contribution < -0.4 is 0 Å². The van der Waals surface area contributed by atoms with Gasteiger partial charge in [0.05, 0.1) is 0 Å². The number of rotatable bonds is 5. The number of carboxylic acid groups (broad SMARTS) is 1. The summed E-state index contributed by atoms with van der Waals surface area (Å²) in [4.78, 5) is 13.1. The van der Waals surface area contributed by atoms with Gasteiger partial charge in [-0.1, -0.05) is 24.6 Å². The van der Waals surface area contributed by atoms with E-state index in [0.717, 1.165) is 11.1 Å². The van der Waals surface area contributed by atoms with Crippen LogP contribution in [0, 0.1) is 6.92 Å². The van der Waals surface area contributed by atoms with Crippen LogP contribution in [0.25, 0.3) is 0 Å². The molecule has 0 heterocycles. The van der Waals surface area contributed by atoms with E-state index < -0.39 is 11.5 Å². The predicted molar refractivity (Wildman–Crippen MR) is 70.6 cm³/mol. The van der Waals surface area contributed by atoms with Gasteiger partial charge in [0.25, 0.3) is 0 Å². The number of aliphatic carboxylic acids is 1. The number of likely N-dealkylation sites (N-methyl/N-ethyl adjacent to an activating group) is 1. The van der Waals surface area contributed by atoms with E-state index in [-0.39, 0.29) is 5.75 Å². The van der Waals surface area contributed by atoms with Crippen LogP contribution in [0.3, 0.4) is 0 Å². The third-order valence-electron chi connectivity index (χ3n) is 3.29. The van der Waals surface area contributed by atoms with Gasteiger partial charge in [-0.2, -0.15) is 0 Å². The number of aromatic hydroxyl groups is 1. The molecule has 4 heteroatoms. The molecule has 18 heavy (non-hydrogen) atoms. The summed E-state index contributed by atoms with van der Waals surface area (Å²) in [5.41, 5.74) is 0.850. The van der Waals surface area contributed by atoms with Crippen molar-refractivity contribution < 1.29 is 15.0 Å². The highest BCUT2D eigenvalue weighted by molar-refractivity contribution is 5.77. The lowest BCUT2D eigenvalue weighted by Crippen LogP contribution is -2.49. The molecule has 4 nitrogen and oxygen atoms in total.